The molecule has 1 aliphatic heterocycles. The predicted molar refractivity (Wildman–Crippen MR) is 111 cm³/mol. The van der Waals surface area contributed by atoms with E-state index in [9.17, 15) is 4.79 Å². The Morgan fingerprint density at radius 3 is 1.74 bits per heavy atom. The van der Waals surface area contributed by atoms with Crippen LogP contribution >= 0.6 is 0 Å². The minimum absolute atomic E-state index is 0.0727. The zero-order chi connectivity index (χ0) is 19.8. The Morgan fingerprint density at radius 2 is 1.33 bits per heavy atom. The van der Waals surface area contributed by atoms with E-state index in [0.717, 1.165) is 19.3 Å². The quantitative estimate of drug-likeness (QED) is 0.251. The van der Waals surface area contributed by atoms with E-state index < -0.39 is 5.79 Å². The Bertz CT molecular complexity index is 371. The van der Waals surface area contributed by atoms with Gasteiger partial charge in [0.25, 0.3) is 0 Å². The normalized spacial score (nSPS) is 22.4. The average Bonchev–Trinajstić information content (AvgIpc) is 3.13. The Morgan fingerprint density at radius 1 is 0.852 bits per heavy atom. The third-order valence-corrected chi connectivity index (χ3v) is 5.81. The van der Waals surface area contributed by atoms with Crippen LogP contribution in [0.5, 0.6) is 0 Å². The second-order valence-electron chi connectivity index (χ2n) is 8.05. The molecular formula is C23H44O4. The van der Waals surface area contributed by atoms with Crippen molar-refractivity contribution in [2.24, 2.45) is 0 Å². The van der Waals surface area contributed by atoms with Gasteiger partial charge in [0.05, 0.1) is 0 Å². The molecule has 0 bridgehead atoms. The van der Waals surface area contributed by atoms with Gasteiger partial charge in [0.2, 0.25) is 5.79 Å². The first-order valence-corrected chi connectivity index (χ1v) is 11.5. The highest BCUT2D eigenvalue weighted by Gasteiger charge is 2.46. The zero-order valence-electron chi connectivity index (χ0n) is 18.2. The van der Waals surface area contributed by atoms with Crippen LogP contribution in [0.4, 0.5) is 0 Å². The Balaban J connectivity index is 1.92. The highest BCUT2D eigenvalue weighted by atomic mass is 16.8. The number of hydrogen-bond acceptors (Lipinski definition) is 4. The van der Waals surface area contributed by atoms with E-state index in [4.69, 9.17) is 14.2 Å². The van der Waals surface area contributed by atoms with E-state index in [2.05, 4.69) is 6.92 Å². The maximum Gasteiger partial charge on any atom is 0.231 e. The molecule has 0 aromatic carbocycles. The lowest BCUT2D eigenvalue weighted by Crippen LogP contribution is -2.41. The van der Waals surface area contributed by atoms with Gasteiger partial charge in [-0.25, -0.2) is 0 Å². The van der Waals surface area contributed by atoms with Crippen LogP contribution in [0, 0.1) is 0 Å². The number of carbonyl (C=O) groups excluding carboxylic acids is 1. The van der Waals surface area contributed by atoms with Gasteiger partial charge in [0.15, 0.2) is 12.1 Å². The SMILES string of the molecule is CCCCCCCCCCCCCCCCC(=O)C1(OC)CCC(OC)O1. The summed E-state index contributed by atoms with van der Waals surface area (Å²) >= 11 is 0. The predicted octanol–water partition coefficient (Wildman–Crippen LogP) is 6.55. The number of ketones is 1. The number of carbonyl (C=O) groups is 1. The van der Waals surface area contributed by atoms with E-state index in [1.807, 2.05) is 0 Å². The third kappa shape index (κ3) is 10.0. The summed E-state index contributed by atoms with van der Waals surface area (Å²) in [5.41, 5.74) is 0. The van der Waals surface area contributed by atoms with Crippen molar-refractivity contribution in [3.63, 3.8) is 0 Å². The minimum Gasteiger partial charge on any atom is -0.356 e. The lowest BCUT2D eigenvalue weighted by atomic mass is 10.0. The van der Waals surface area contributed by atoms with Gasteiger partial charge in [0, 0.05) is 33.5 Å². The summed E-state index contributed by atoms with van der Waals surface area (Å²) in [6, 6.07) is 0. The number of rotatable bonds is 18. The van der Waals surface area contributed by atoms with Gasteiger partial charge < -0.3 is 14.2 Å². The van der Waals surface area contributed by atoms with Crippen LogP contribution in [0.3, 0.4) is 0 Å². The van der Waals surface area contributed by atoms with E-state index in [1.54, 1.807) is 14.2 Å². The summed E-state index contributed by atoms with van der Waals surface area (Å²) < 4.78 is 16.3. The summed E-state index contributed by atoms with van der Waals surface area (Å²) in [5.74, 6) is -0.986. The number of hydrogen-bond donors (Lipinski definition) is 0. The van der Waals surface area contributed by atoms with Crippen molar-refractivity contribution in [2.75, 3.05) is 14.2 Å². The number of unbranched alkanes of at least 4 members (excludes halogenated alkanes) is 13. The fraction of sp³-hybridized carbons (Fsp3) is 0.957. The molecule has 1 saturated heterocycles. The van der Waals surface area contributed by atoms with Crippen molar-refractivity contribution >= 4 is 5.78 Å². The highest BCUT2D eigenvalue weighted by Crippen LogP contribution is 2.33. The van der Waals surface area contributed by atoms with Crippen molar-refractivity contribution in [3.8, 4) is 0 Å². The Labute approximate surface area is 167 Å². The molecule has 1 rings (SSSR count). The second-order valence-corrected chi connectivity index (χ2v) is 8.05. The van der Waals surface area contributed by atoms with Gasteiger partial charge in [-0.05, 0) is 6.42 Å². The van der Waals surface area contributed by atoms with Crippen LogP contribution in [-0.2, 0) is 19.0 Å². The molecule has 0 aromatic rings. The molecule has 0 amide bonds. The fourth-order valence-corrected chi connectivity index (χ4v) is 3.94. The summed E-state index contributed by atoms with van der Waals surface area (Å²) in [6.45, 7) is 2.27. The standard InChI is InChI=1S/C23H44O4/c1-4-5-6-7-8-9-10-11-12-13-14-15-16-17-18-21(24)23(26-3)20-19-22(25-2)27-23/h22H,4-20H2,1-3H3. The van der Waals surface area contributed by atoms with Crippen molar-refractivity contribution in [1.82, 2.24) is 0 Å². The smallest absolute Gasteiger partial charge is 0.231 e. The van der Waals surface area contributed by atoms with Crippen molar-refractivity contribution in [3.05, 3.63) is 0 Å². The van der Waals surface area contributed by atoms with Crippen LogP contribution in [0.1, 0.15) is 116 Å². The van der Waals surface area contributed by atoms with Crippen molar-refractivity contribution in [2.45, 2.75) is 128 Å². The van der Waals surface area contributed by atoms with Crippen LogP contribution in [0.25, 0.3) is 0 Å². The van der Waals surface area contributed by atoms with Crippen LogP contribution in [0.2, 0.25) is 0 Å². The fourth-order valence-electron chi connectivity index (χ4n) is 3.94. The number of ether oxygens (including phenoxy) is 3. The van der Waals surface area contributed by atoms with E-state index >= 15 is 0 Å². The molecule has 160 valence electrons. The summed E-state index contributed by atoms with van der Waals surface area (Å²) in [5, 5.41) is 0. The first-order chi connectivity index (χ1) is 13.2. The van der Waals surface area contributed by atoms with Gasteiger partial charge >= 0.3 is 0 Å². The maximum atomic E-state index is 12.5. The zero-order valence-corrected chi connectivity index (χ0v) is 18.2. The molecule has 2 atom stereocenters. The molecule has 2 unspecified atom stereocenters. The summed E-state index contributed by atoms with van der Waals surface area (Å²) in [7, 11) is 3.16. The van der Waals surface area contributed by atoms with Crippen molar-refractivity contribution in [1.29, 1.82) is 0 Å². The monoisotopic (exact) mass is 384 g/mol. The van der Waals surface area contributed by atoms with Crippen LogP contribution < -0.4 is 0 Å². The molecule has 0 N–H and O–H groups in total. The molecule has 27 heavy (non-hydrogen) atoms. The Kier molecular flexibility index (Phi) is 14.1. The molecule has 1 fully saturated rings. The molecule has 0 aromatic heterocycles. The Hall–Kier alpha value is -0.450. The molecule has 4 heteroatoms. The topological polar surface area (TPSA) is 44.8 Å². The molecular weight excluding hydrogens is 340 g/mol. The van der Waals surface area contributed by atoms with Gasteiger partial charge in [-0.1, -0.05) is 90.4 Å². The molecule has 4 nitrogen and oxygen atoms in total. The van der Waals surface area contributed by atoms with Crippen molar-refractivity contribution < 1.29 is 19.0 Å². The molecule has 1 heterocycles. The van der Waals surface area contributed by atoms with Crippen LogP contribution in [0.15, 0.2) is 0 Å². The maximum absolute atomic E-state index is 12.5. The molecule has 0 aliphatic carbocycles. The van der Waals surface area contributed by atoms with Crippen LogP contribution in [-0.4, -0.2) is 32.1 Å². The first-order valence-electron chi connectivity index (χ1n) is 11.5. The summed E-state index contributed by atoms with van der Waals surface area (Å²) in [4.78, 5) is 12.5. The molecule has 0 radical (unpaired) electrons. The van der Waals surface area contributed by atoms with E-state index in [0.29, 0.717) is 12.8 Å². The lowest BCUT2D eigenvalue weighted by molar-refractivity contribution is -0.245. The third-order valence-electron chi connectivity index (χ3n) is 5.81. The van der Waals surface area contributed by atoms with Gasteiger partial charge in [0.1, 0.15) is 0 Å². The number of Topliss-reactive ketones (excluding diaryl/α,β-unsaturated/α-hetero) is 1. The first kappa shape index (κ1) is 24.6. The molecule has 0 spiro atoms. The second kappa shape index (κ2) is 15.5. The van der Waals surface area contributed by atoms with E-state index in [1.165, 1.54) is 77.0 Å². The van der Waals surface area contributed by atoms with Gasteiger partial charge in [-0.3, -0.25) is 4.79 Å². The van der Waals surface area contributed by atoms with Gasteiger partial charge in [-0.15, -0.1) is 0 Å². The average molecular weight is 385 g/mol. The summed E-state index contributed by atoms with van der Waals surface area (Å²) in [6.07, 6.45) is 20.0. The lowest BCUT2D eigenvalue weighted by Gasteiger charge is -2.25. The highest BCUT2D eigenvalue weighted by molar-refractivity contribution is 5.86. The number of methoxy groups -OCH3 is 2. The van der Waals surface area contributed by atoms with Gasteiger partial charge in [-0.2, -0.15) is 0 Å². The largest absolute Gasteiger partial charge is 0.356 e. The van der Waals surface area contributed by atoms with E-state index in [-0.39, 0.29) is 12.1 Å². The molecule has 0 saturated carbocycles. The molecule has 1 aliphatic rings. The minimum atomic E-state index is -1.06.